The molecule has 1 aromatic heterocycles. The van der Waals surface area contributed by atoms with Crippen molar-refractivity contribution in [2.75, 3.05) is 11.9 Å². The monoisotopic (exact) mass is 329 g/mol. The van der Waals surface area contributed by atoms with Gasteiger partial charge in [0.15, 0.2) is 0 Å². The van der Waals surface area contributed by atoms with Crippen molar-refractivity contribution in [3.8, 4) is 0 Å². The lowest BCUT2D eigenvalue weighted by molar-refractivity contribution is 0.121. The standard InChI is InChI=1S/C13H20BrN3O2/c1-3-4-6-17-13(18)12(14)11(8-15-17)16-10-5-7-19-9(10)2/h8-10,16H,3-7H2,1-2H3. The Morgan fingerprint density at radius 1 is 1.63 bits per heavy atom. The number of aromatic nitrogens is 2. The van der Waals surface area contributed by atoms with E-state index in [4.69, 9.17) is 4.74 Å². The van der Waals surface area contributed by atoms with Gasteiger partial charge in [-0.25, -0.2) is 4.68 Å². The fourth-order valence-electron chi connectivity index (χ4n) is 2.15. The Bertz CT molecular complexity index is 489. The molecule has 1 aliphatic rings. The van der Waals surface area contributed by atoms with Crippen LogP contribution in [0.1, 0.15) is 33.1 Å². The van der Waals surface area contributed by atoms with Crippen LogP contribution in [0.5, 0.6) is 0 Å². The molecule has 1 N–H and O–H groups in total. The van der Waals surface area contributed by atoms with E-state index in [1.165, 1.54) is 4.68 Å². The van der Waals surface area contributed by atoms with Crippen LogP contribution in [0.25, 0.3) is 0 Å². The molecule has 0 bridgehead atoms. The van der Waals surface area contributed by atoms with Crippen LogP contribution in [0.4, 0.5) is 5.69 Å². The van der Waals surface area contributed by atoms with Crippen LogP contribution in [0.2, 0.25) is 0 Å². The van der Waals surface area contributed by atoms with Gasteiger partial charge in [0.2, 0.25) is 0 Å². The normalized spacial score (nSPS) is 22.7. The molecule has 1 saturated heterocycles. The van der Waals surface area contributed by atoms with Gasteiger partial charge >= 0.3 is 0 Å². The van der Waals surface area contributed by atoms with Gasteiger partial charge in [0.1, 0.15) is 4.47 Å². The van der Waals surface area contributed by atoms with Crippen LogP contribution in [-0.4, -0.2) is 28.5 Å². The molecule has 1 fully saturated rings. The van der Waals surface area contributed by atoms with Gasteiger partial charge in [-0.1, -0.05) is 13.3 Å². The lowest BCUT2D eigenvalue weighted by Crippen LogP contribution is -2.30. The summed E-state index contributed by atoms with van der Waals surface area (Å²) >= 11 is 3.37. The number of rotatable bonds is 5. The summed E-state index contributed by atoms with van der Waals surface area (Å²) in [7, 11) is 0. The third kappa shape index (κ3) is 3.36. The molecule has 0 aliphatic carbocycles. The van der Waals surface area contributed by atoms with Gasteiger partial charge in [-0.3, -0.25) is 4.79 Å². The average molecular weight is 330 g/mol. The third-order valence-electron chi connectivity index (χ3n) is 3.43. The SMILES string of the molecule is CCCCn1ncc(NC2CCOC2C)c(Br)c1=O. The Morgan fingerprint density at radius 3 is 3.05 bits per heavy atom. The van der Waals surface area contributed by atoms with Gasteiger partial charge in [0, 0.05) is 13.2 Å². The van der Waals surface area contributed by atoms with Gasteiger partial charge in [0.25, 0.3) is 5.56 Å². The largest absolute Gasteiger partial charge is 0.377 e. The first-order valence-corrected chi connectivity index (χ1v) is 7.56. The molecule has 2 rings (SSSR count). The van der Waals surface area contributed by atoms with Crippen molar-refractivity contribution < 1.29 is 4.74 Å². The summed E-state index contributed by atoms with van der Waals surface area (Å²) in [5.41, 5.74) is 0.671. The molecule has 0 aromatic carbocycles. The molecule has 6 heteroatoms. The van der Waals surface area contributed by atoms with Gasteiger partial charge in [-0.05, 0) is 35.7 Å². The predicted molar refractivity (Wildman–Crippen MR) is 78.5 cm³/mol. The topological polar surface area (TPSA) is 56.1 Å². The first-order valence-electron chi connectivity index (χ1n) is 6.77. The van der Waals surface area contributed by atoms with E-state index >= 15 is 0 Å². The average Bonchev–Trinajstić information content (AvgIpc) is 2.80. The van der Waals surface area contributed by atoms with E-state index < -0.39 is 0 Å². The zero-order valence-corrected chi connectivity index (χ0v) is 12.9. The maximum Gasteiger partial charge on any atom is 0.283 e. The van der Waals surface area contributed by atoms with Crippen molar-refractivity contribution >= 4 is 21.6 Å². The Labute approximate surface area is 121 Å². The van der Waals surface area contributed by atoms with Gasteiger partial charge in [-0.15, -0.1) is 0 Å². The van der Waals surface area contributed by atoms with E-state index in [1.807, 2.05) is 6.92 Å². The van der Waals surface area contributed by atoms with Gasteiger partial charge in [-0.2, -0.15) is 5.10 Å². The van der Waals surface area contributed by atoms with Crippen molar-refractivity contribution in [1.82, 2.24) is 9.78 Å². The summed E-state index contributed by atoms with van der Waals surface area (Å²) < 4.78 is 7.56. The third-order valence-corrected chi connectivity index (χ3v) is 4.19. The molecule has 1 aromatic rings. The van der Waals surface area contributed by atoms with Crippen LogP contribution in [0.3, 0.4) is 0 Å². The summed E-state index contributed by atoms with van der Waals surface area (Å²) in [6, 6.07) is 0.240. The van der Waals surface area contributed by atoms with E-state index in [9.17, 15) is 4.79 Å². The summed E-state index contributed by atoms with van der Waals surface area (Å²) in [6.07, 6.45) is 4.83. The maximum absolute atomic E-state index is 12.1. The number of aryl methyl sites for hydroxylation is 1. The van der Waals surface area contributed by atoms with E-state index in [2.05, 4.69) is 33.3 Å². The highest BCUT2D eigenvalue weighted by Crippen LogP contribution is 2.22. The van der Waals surface area contributed by atoms with Crippen LogP contribution >= 0.6 is 15.9 Å². The zero-order valence-electron chi connectivity index (χ0n) is 11.4. The first-order chi connectivity index (χ1) is 9.13. The molecular formula is C13H20BrN3O2. The summed E-state index contributed by atoms with van der Waals surface area (Å²) in [4.78, 5) is 12.1. The number of anilines is 1. The molecule has 19 heavy (non-hydrogen) atoms. The fourth-order valence-corrected chi connectivity index (χ4v) is 2.58. The minimum absolute atomic E-state index is 0.0787. The molecule has 2 atom stereocenters. The van der Waals surface area contributed by atoms with Crippen LogP contribution in [-0.2, 0) is 11.3 Å². The molecule has 106 valence electrons. The number of nitrogens with one attached hydrogen (secondary N) is 1. The molecule has 0 saturated carbocycles. The van der Waals surface area contributed by atoms with Gasteiger partial charge < -0.3 is 10.1 Å². The van der Waals surface area contributed by atoms with E-state index in [0.717, 1.165) is 31.6 Å². The number of ether oxygens (including phenoxy) is 1. The molecule has 1 aliphatic heterocycles. The number of hydrogen-bond acceptors (Lipinski definition) is 4. The molecule has 0 radical (unpaired) electrons. The zero-order chi connectivity index (χ0) is 13.8. The van der Waals surface area contributed by atoms with Crippen molar-refractivity contribution in [2.45, 2.75) is 51.8 Å². The van der Waals surface area contributed by atoms with Crippen molar-refractivity contribution in [3.05, 3.63) is 21.0 Å². The van der Waals surface area contributed by atoms with Crippen LogP contribution in [0.15, 0.2) is 15.5 Å². The Kier molecular flexibility index (Phi) is 4.99. The second-order valence-corrected chi connectivity index (χ2v) is 5.66. The lowest BCUT2D eigenvalue weighted by atomic mass is 10.1. The van der Waals surface area contributed by atoms with Crippen molar-refractivity contribution in [2.24, 2.45) is 0 Å². The van der Waals surface area contributed by atoms with Crippen molar-refractivity contribution in [1.29, 1.82) is 0 Å². The summed E-state index contributed by atoms with van der Waals surface area (Å²) in [5.74, 6) is 0. The highest BCUT2D eigenvalue weighted by Gasteiger charge is 2.25. The highest BCUT2D eigenvalue weighted by molar-refractivity contribution is 9.10. The molecule has 0 spiro atoms. The molecule has 0 amide bonds. The second-order valence-electron chi connectivity index (χ2n) is 4.87. The van der Waals surface area contributed by atoms with E-state index in [0.29, 0.717) is 11.0 Å². The number of unbranched alkanes of at least 4 members (excludes halogenated alkanes) is 1. The molecular weight excluding hydrogens is 310 g/mol. The minimum atomic E-state index is -0.0787. The lowest BCUT2D eigenvalue weighted by Gasteiger charge is -2.18. The number of halogens is 1. The Morgan fingerprint density at radius 2 is 2.42 bits per heavy atom. The quantitative estimate of drug-likeness (QED) is 0.901. The predicted octanol–water partition coefficient (Wildman–Crippen LogP) is 2.40. The number of hydrogen-bond donors (Lipinski definition) is 1. The van der Waals surface area contributed by atoms with E-state index in [1.54, 1.807) is 6.20 Å². The van der Waals surface area contributed by atoms with Gasteiger partial charge in [0.05, 0.1) is 24.0 Å². The van der Waals surface area contributed by atoms with Crippen LogP contribution < -0.4 is 10.9 Å². The summed E-state index contributed by atoms with van der Waals surface area (Å²) in [6.45, 7) is 5.56. The highest BCUT2D eigenvalue weighted by atomic mass is 79.9. The van der Waals surface area contributed by atoms with Crippen LogP contribution in [0, 0.1) is 0 Å². The first kappa shape index (κ1) is 14.5. The smallest absolute Gasteiger partial charge is 0.283 e. The molecule has 2 heterocycles. The maximum atomic E-state index is 12.1. The van der Waals surface area contributed by atoms with E-state index in [-0.39, 0.29) is 17.7 Å². The fraction of sp³-hybridized carbons (Fsp3) is 0.692. The van der Waals surface area contributed by atoms with Crippen molar-refractivity contribution in [3.63, 3.8) is 0 Å². The molecule has 5 nitrogen and oxygen atoms in total. The Balaban J connectivity index is 2.14. The Hall–Kier alpha value is -0.880. The minimum Gasteiger partial charge on any atom is -0.377 e. The molecule has 2 unspecified atom stereocenters. The number of nitrogens with zero attached hydrogens (tertiary/aromatic N) is 2. The second kappa shape index (κ2) is 6.52. The summed E-state index contributed by atoms with van der Waals surface area (Å²) in [5, 5.41) is 7.55.